The fraction of sp³-hybridized carbons (Fsp3) is 0.316. The van der Waals surface area contributed by atoms with Gasteiger partial charge < -0.3 is 5.32 Å². The average Bonchev–Trinajstić information content (AvgIpc) is 2.62. The van der Waals surface area contributed by atoms with E-state index in [1.165, 1.54) is 4.31 Å². The Bertz CT molecular complexity index is 802. The summed E-state index contributed by atoms with van der Waals surface area (Å²) in [5, 5.41) is 2.91. The molecule has 0 aromatic heterocycles. The second-order valence-electron chi connectivity index (χ2n) is 6.05. The van der Waals surface area contributed by atoms with Crippen LogP contribution in [0.2, 0.25) is 0 Å². The second kappa shape index (κ2) is 8.27. The molecule has 0 saturated heterocycles. The van der Waals surface area contributed by atoms with E-state index in [0.29, 0.717) is 5.56 Å². The molecule has 0 aliphatic rings. The molecule has 0 saturated carbocycles. The summed E-state index contributed by atoms with van der Waals surface area (Å²) in [5.41, 5.74) is 1.39. The number of sulfonamides is 1. The van der Waals surface area contributed by atoms with Crippen LogP contribution in [0.1, 0.15) is 36.2 Å². The van der Waals surface area contributed by atoms with E-state index in [1.807, 2.05) is 13.8 Å². The molecule has 1 atom stereocenters. The lowest BCUT2D eigenvalue weighted by Gasteiger charge is -2.17. The van der Waals surface area contributed by atoms with Gasteiger partial charge in [-0.2, -0.15) is 4.31 Å². The zero-order chi connectivity index (χ0) is 18.4. The van der Waals surface area contributed by atoms with Crippen molar-refractivity contribution in [2.24, 2.45) is 0 Å². The highest BCUT2D eigenvalue weighted by Crippen LogP contribution is 2.16. The van der Waals surface area contributed by atoms with Crippen molar-refractivity contribution in [2.75, 3.05) is 7.05 Å². The number of nitrogens with one attached hydrogen (secondary N) is 1. The number of benzene rings is 2. The molecule has 25 heavy (non-hydrogen) atoms. The Morgan fingerprint density at radius 2 is 1.68 bits per heavy atom. The van der Waals surface area contributed by atoms with Gasteiger partial charge >= 0.3 is 0 Å². The van der Waals surface area contributed by atoms with E-state index in [4.69, 9.17) is 0 Å². The molecule has 0 spiro atoms. The number of carbonyl (C=O) groups is 1. The molecule has 0 radical (unpaired) electrons. The Kier molecular flexibility index (Phi) is 6.33. The minimum Gasteiger partial charge on any atom is -0.350 e. The van der Waals surface area contributed by atoms with Gasteiger partial charge in [-0.25, -0.2) is 8.42 Å². The van der Waals surface area contributed by atoms with Crippen LogP contribution in [0.25, 0.3) is 0 Å². The maximum atomic E-state index is 12.5. The van der Waals surface area contributed by atoms with Crippen molar-refractivity contribution in [1.82, 2.24) is 9.62 Å². The Morgan fingerprint density at radius 3 is 2.24 bits per heavy atom. The number of carbonyl (C=O) groups excluding carboxylic acids is 1. The first-order valence-electron chi connectivity index (χ1n) is 8.25. The monoisotopic (exact) mass is 360 g/mol. The zero-order valence-electron chi connectivity index (χ0n) is 14.8. The Hall–Kier alpha value is -2.18. The summed E-state index contributed by atoms with van der Waals surface area (Å²) in [4.78, 5) is 12.3. The summed E-state index contributed by atoms with van der Waals surface area (Å²) >= 11 is 0. The van der Waals surface area contributed by atoms with Gasteiger partial charge in [0, 0.05) is 25.2 Å². The molecular weight excluding hydrogens is 336 g/mol. The van der Waals surface area contributed by atoms with Gasteiger partial charge in [0.2, 0.25) is 10.0 Å². The molecule has 0 bridgehead atoms. The van der Waals surface area contributed by atoms with E-state index in [9.17, 15) is 13.2 Å². The first-order chi connectivity index (χ1) is 11.8. The van der Waals surface area contributed by atoms with E-state index in [2.05, 4.69) is 5.32 Å². The van der Waals surface area contributed by atoms with Gasteiger partial charge in [-0.15, -0.1) is 0 Å². The van der Waals surface area contributed by atoms with Crippen molar-refractivity contribution in [2.45, 2.75) is 37.8 Å². The zero-order valence-corrected chi connectivity index (χ0v) is 15.6. The van der Waals surface area contributed by atoms with Gasteiger partial charge in [0.15, 0.2) is 0 Å². The van der Waals surface area contributed by atoms with Crippen molar-refractivity contribution in [3.05, 3.63) is 65.7 Å². The molecule has 134 valence electrons. The molecule has 1 unspecified atom stereocenters. The molecule has 1 N–H and O–H groups in total. The lowest BCUT2D eigenvalue weighted by molar-refractivity contribution is 0.0939. The first kappa shape index (κ1) is 19.1. The SMILES string of the molecule is CCC(C)NC(=O)c1ccc(CN(C)S(=O)(=O)c2ccccc2)cc1. The van der Waals surface area contributed by atoms with Crippen LogP contribution in [-0.4, -0.2) is 31.7 Å². The fourth-order valence-electron chi connectivity index (χ4n) is 2.29. The van der Waals surface area contributed by atoms with Gasteiger partial charge in [0.1, 0.15) is 0 Å². The Morgan fingerprint density at radius 1 is 1.08 bits per heavy atom. The largest absolute Gasteiger partial charge is 0.350 e. The molecule has 0 aliphatic carbocycles. The number of nitrogens with zero attached hydrogens (tertiary/aromatic N) is 1. The molecular formula is C19H24N2O3S. The van der Waals surface area contributed by atoms with Gasteiger partial charge in [-0.05, 0) is 43.2 Å². The molecule has 0 fully saturated rings. The van der Waals surface area contributed by atoms with Crippen LogP contribution >= 0.6 is 0 Å². The summed E-state index contributed by atoms with van der Waals surface area (Å²) < 4.78 is 26.4. The minimum absolute atomic E-state index is 0.119. The van der Waals surface area contributed by atoms with E-state index < -0.39 is 10.0 Å². The first-order valence-corrected chi connectivity index (χ1v) is 9.69. The third-order valence-electron chi connectivity index (χ3n) is 4.06. The maximum Gasteiger partial charge on any atom is 0.251 e. The maximum absolute atomic E-state index is 12.5. The summed E-state index contributed by atoms with van der Waals surface area (Å²) in [6.07, 6.45) is 0.867. The Balaban J connectivity index is 2.07. The number of amides is 1. The van der Waals surface area contributed by atoms with Gasteiger partial charge in [0.25, 0.3) is 5.91 Å². The number of rotatable bonds is 7. The van der Waals surface area contributed by atoms with Crippen molar-refractivity contribution in [1.29, 1.82) is 0 Å². The standard InChI is InChI=1S/C19H24N2O3S/c1-4-15(2)20-19(22)17-12-10-16(11-13-17)14-21(3)25(23,24)18-8-6-5-7-9-18/h5-13,15H,4,14H2,1-3H3,(H,20,22). The normalized spacial score (nSPS) is 12.8. The molecule has 5 nitrogen and oxygen atoms in total. The van der Waals surface area contributed by atoms with Crippen molar-refractivity contribution in [3.63, 3.8) is 0 Å². The third kappa shape index (κ3) is 4.90. The summed E-state index contributed by atoms with van der Waals surface area (Å²) in [6, 6.07) is 15.5. The molecule has 0 heterocycles. The summed E-state index contributed by atoms with van der Waals surface area (Å²) in [7, 11) is -1.98. The van der Waals surface area contributed by atoms with Crippen molar-refractivity contribution >= 4 is 15.9 Å². The van der Waals surface area contributed by atoms with Crippen LogP contribution in [-0.2, 0) is 16.6 Å². The molecule has 2 aromatic rings. The fourth-order valence-corrected chi connectivity index (χ4v) is 3.47. The van der Waals surface area contributed by atoms with E-state index in [0.717, 1.165) is 12.0 Å². The minimum atomic E-state index is -3.53. The summed E-state index contributed by atoms with van der Waals surface area (Å²) in [6.45, 7) is 4.21. The molecule has 2 aromatic carbocycles. The van der Waals surface area contributed by atoms with E-state index in [1.54, 1.807) is 61.6 Å². The van der Waals surface area contributed by atoms with Gasteiger partial charge in [0.05, 0.1) is 4.90 Å². The molecule has 2 rings (SSSR count). The Labute approximate surface area is 149 Å². The second-order valence-corrected chi connectivity index (χ2v) is 8.10. The highest BCUT2D eigenvalue weighted by atomic mass is 32.2. The van der Waals surface area contributed by atoms with Crippen LogP contribution in [0.15, 0.2) is 59.5 Å². The topological polar surface area (TPSA) is 66.5 Å². The number of hydrogen-bond acceptors (Lipinski definition) is 3. The predicted octanol–water partition coefficient (Wildman–Crippen LogP) is 3.04. The van der Waals surface area contributed by atoms with E-state index in [-0.39, 0.29) is 23.4 Å². The van der Waals surface area contributed by atoms with E-state index >= 15 is 0 Å². The average molecular weight is 360 g/mol. The van der Waals surface area contributed by atoms with Crippen LogP contribution in [0.5, 0.6) is 0 Å². The highest BCUT2D eigenvalue weighted by molar-refractivity contribution is 7.89. The van der Waals surface area contributed by atoms with Gasteiger partial charge in [-0.1, -0.05) is 37.3 Å². The molecule has 1 amide bonds. The van der Waals surface area contributed by atoms with Crippen molar-refractivity contribution in [3.8, 4) is 0 Å². The van der Waals surface area contributed by atoms with Gasteiger partial charge in [-0.3, -0.25) is 4.79 Å². The lowest BCUT2D eigenvalue weighted by Crippen LogP contribution is -2.31. The highest BCUT2D eigenvalue weighted by Gasteiger charge is 2.20. The van der Waals surface area contributed by atoms with Crippen LogP contribution in [0, 0.1) is 0 Å². The summed E-state index contributed by atoms with van der Waals surface area (Å²) in [5.74, 6) is -0.119. The van der Waals surface area contributed by atoms with Crippen LogP contribution in [0.3, 0.4) is 0 Å². The molecule has 6 heteroatoms. The van der Waals surface area contributed by atoms with Crippen molar-refractivity contribution < 1.29 is 13.2 Å². The van der Waals surface area contributed by atoms with Crippen LogP contribution < -0.4 is 5.32 Å². The van der Waals surface area contributed by atoms with Crippen LogP contribution in [0.4, 0.5) is 0 Å². The number of hydrogen-bond donors (Lipinski definition) is 1. The smallest absolute Gasteiger partial charge is 0.251 e. The quantitative estimate of drug-likeness (QED) is 0.825. The lowest BCUT2D eigenvalue weighted by atomic mass is 10.1. The molecule has 0 aliphatic heterocycles. The predicted molar refractivity (Wildman–Crippen MR) is 98.8 cm³/mol. The third-order valence-corrected chi connectivity index (χ3v) is 5.88.